The number of halogens is 1. The van der Waals surface area contributed by atoms with Gasteiger partial charge in [-0.05, 0) is 48.7 Å². The Balaban J connectivity index is 1.27. The highest BCUT2D eigenvalue weighted by Crippen LogP contribution is 2.24. The molecule has 156 valence electrons. The van der Waals surface area contributed by atoms with Crippen molar-refractivity contribution < 1.29 is 9.59 Å². The zero-order valence-corrected chi connectivity index (χ0v) is 17.3. The summed E-state index contributed by atoms with van der Waals surface area (Å²) >= 11 is 5.91. The molecule has 4 aromatic rings. The van der Waals surface area contributed by atoms with Crippen LogP contribution in [-0.2, 0) is 19.4 Å². The van der Waals surface area contributed by atoms with Crippen LogP contribution in [0.25, 0.3) is 11.0 Å². The first-order valence-electron chi connectivity index (χ1n) is 10.0. The summed E-state index contributed by atoms with van der Waals surface area (Å²) in [4.78, 5) is 27.5. The van der Waals surface area contributed by atoms with E-state index < -0.39 is 0 Å². The maximum atomic E-state index is 13.0. The average Bonchev–Trinajstić information content (AvgIpc) is 3.44. The second-order valence-electron chi connectivity index (χ2n) is 7.58. The van der Waals surface area contributed by atoms with Gasteiger partial charge in [-0.25, -0.2) is 0 Å². The molecule has 9 heteroatoms. The molecule has 0 spiro atoms. The third-order valence-corrected chi connectivity index (χ3v) is 5.85. The largest absolute Gasteiger partial charge is 0.332 e. The SMILES string of the molecule is O=C(CCc1ccc(Cl)cc1)c1n[nH]c2c1CCN(C(=O)c1ccc3n[nH]nc3c1)C2. The molecule has 0 fully saturated rings. The molecular weight excluding hydrogens is 416 g/mol. The number of nitrogens with one attached hydrogen (secondary N) is 2. The molecule has 5 rings (SSSR count). The lowest BCUT2D eigenvalue weighted by atomic mass is 9.98. The van der Waals surface area contributed by atoms with Gasteiger partial charge < -0.3 is 4.90 Å². The summed E-state index contributed by atoms with van der Waals surface area (Å²) in [7, 11) is 0. The average molecular weight is 435 g/mol. The molecule has 3 heterocycles. The van der Waals surface area contributed by atoms with Gasteiger partial charge in [0.2, 0.25) is 0 Å². The number of benzene rings is 2. The van der Waals surface area contributed by atoms with E-state index in [9.17, 15) is 9.59 Å². The number of rotatable bonds is 5. The molecule has 31 heavy (non-hydrogen) atoms. The van der Waals surface area contributed by atoms with Crippen LogP contribution < -0.4 is 0 Å². The second kappa shape index (κ2) is 7.96. The molecule has 2 aromatic heterocycles. The van der Waals surface area contributed by atoms with E-state index in [1.807, 2.05) is 24.3 Å². The van der Waals surface area contributed by atoms with Crippen LogP contribution in [-0.4, -0.2) is 48.7 Å². The van der Waals surface area contributed by atoms with E-state index in [-0.39, 0.29) is 11.7 Å². The Kier molecular flexibility index (Phi) is 4.99. The molecule has 2 aromatic carbocycles. The summed E-state index contributed by atoms with van der Waals surface area (Å²) in [6.07, 6.45) is 1.60. The molecule has 0 radical (unpaired) electrons. The Labute approximate surface area is 182 Å². The van der Waals surface area contributed by atoms with Gasteiger partial charge in [0.05, 0.1) is 12.2 Å². The van der Waals surface area contributed by atoms with Gasteiger partial charge in [-0.2, -0.15) is 20.5 Å². The molecule has 0 saturated carbocycles. The lowest BCUT2D eigenvalue weighted by Gasteiger charge is -2.27. The van der Waals surface area contributed by atoms with Crippen LogP contribution in [0.2, 0.25) is 5.02 Å². The quantitative estimate of drug-likeness (QED) is 0.468. The molecule has 2 N–H and O–H groups in total. The fourth-order valence-electron chi connectivity index (χ4n) is 3.91. The number of H-pyrrole nitrogens is 2. The van der Waals surface area contributed by atoms with Gasteiger partial charge in [0.25, 0.3) is 5.91 Å². The van der Waals surface area contributed by atoms with Crippen LogP contribution in [0.3, 0.4) is 0 Å². The van der Waals surface area contributed by atoms with E-state index in [1.54, 1.807) is 23.1 Å². The second-order valence-corrected chi connectivity index (χ2v) is 8.02. The number of aromatic nitrogens is 5. The Morgan fingerprint density at radius 2 is 1.84 bits per heavy atom. The van der Waals surface area contributed by atoms with Crippen LogP contribution in [0.15, 0.2) is 42.5 Å². The maximum absolute atomic E-state index is 13.0. The van der Waals surface area contributed by atoms with Crippen LogP contribution in [0.1, 0.15) is 44.1 Å². The summed E-state index contributed by atoms with van der Waals surface area (Å²) in [5, 5.41) is 18.5. The normalized spacial score (nSPS) is 13.4. The fraction of sp³-hybridized carbons (Fsp3) is 0.227. The lowest BCUT2D eigenvalue weighted by Crippen LogP contribution is -2.36. The minimum atomic E-state index is -0.0826. The smallest absolute Gasteiger partial charge is 0.254 e. The summed E-state index contributed by atoms with van der Waals surface area (Å²) in [5.41, 5.74) is 5.20. The molecular formula is C22H19ClN6O2. The van der Waals surface area contributed by atoms with Crippen molar-refractivity contribution in [1.29, 1.82) is 0 Å². The van der Waals surface area contributed by atoms with E-state index in [0.29, 0.717) is 59.7 Å². The number of carbonyl (C=O) groups excluding carboxylic acids is 2. The van der Waals surface area contributed by atoms with Gasteiger partial charge in [0.1, 0.15) is 16.7 Å². The van der Waals surface area contributed by atoms with Gasteiger partial charge in [0, 0.05) is 29.1 Å². The van der Waals surface area contributed by atoms with Crippen molar-refractivity contribution in [2.75, 3.05) is 6.54 Å². The van der Waals surface area contributed by atoms with Crippen molar-refractivity contribution in [3.05, 3.63) is 75.6 Å². The first-order chi connectivity index (χ1) is 15.1. The number of aryl methyl sites for hydroxylation is 1. The molecule has 0 atom stereocenters. The minimum absolute atomic E-state index is 0.00344. The zero-order valence-electron chi connectivity index (χ0n) is 16.6. The molecule has 0 aliphatic carbocycles. The van der Waals surface area contributed by atoms with Crippen molar-refractivity contribution in [2.45, 2.75) is 25.8 Å². The first-order valence-corrected chi connectivity index (χ1v) is 10.4. The number of ketones is 1. The number of hydrogen-bond donors (Lipinski definition) is 2. The number of fused-ring (bicyclic) bond motifs is 2. The summed E-state index contributed by atoms with van der Waals surface area (Å²) in [5.74, 6) is -0.0792. The fourth-order valence-corrected chi connectivity index (χ4v) is 4.03. The van der Waals surface area contributed by atoms with E-state index in [0.717, 1.165) is 16.8 Å². The van der Waals surface area contributed by atoms with Gasteiger partial charge >= 0.3 is 0 Å². The number of hydrogen-bond acceptors (Lipinski definition) is 5. The number of Topliss-reactive ketones (excluding diaryl/α,β-unsaturated/α-hetero) is 1. The third-order valence-electron chi connectivity index (χ3n) is 5.60. The lowest BCUT2D eigenvalue weighted by molar-refractivity contribution is 0.0732. The Bertz CT molecular complexity index is 1280. The van der Waals surface area contributed by atoms with Gasteiger partial charge in [-0.1, -0.05) is 23.7 Å². The molecule has 0 unspecified atom stereocenters. The summed E-state index contributed by atoms with van der Waals surface area (Å²) in [6, 6.07) is 12.8. The highest BCUT2D eigenvalue weighted by atomic mass is 35.5. The Morgan fingerprint density at radius 3 is 2.68 bits per heavy atom. The molecule has 1 amide bonds. The van der Waals surface area contributed by atoms with Gasteiger partial charge in [-0.3, -0.25) is 14.7 Å². The predicted molar refractivity (Wildman–Crippen MR) is 115 cm³/mol. The van der Waals surface area contributed by atoms with E-state index in [2.05, 4.69) is 25.6 Å². The Hall–Kier alpha value is -3.52. The van der Waals surface area contributed by atoms with Crippen molar-refractivity contribution >= 4 is 34.3 Å². The standard InChI is InChI=1S/C22H19ClN6O2/c23-15-5-1-13(2-6-15)3-8-20(30)21-16-9-10-29(12-19(16)24-27-21)22(31)14-4-7-17-18(11-14)26-28-25-17/h1-2,4-7,11H,3,8-10,12H2,(H,24,27)(H,25,26,28). The maximum Gasteiger partial charge on any atom is 0.254 e. The zero-order chi connectivity index (χ0) is 21.4. The van der Waals surface area contributed by atoms with Crippen LogP contribution in [0.4, 0.5) is 0 Å². The highest BCUT2D eigenvalue weighted by molar-refractivity contribution is 6.30. The van der Waals surface area contributed by atoms with Gasteiger partial charge in [-0.15, -0.1) is 0 Å². The third kappa shape index (κ3) is 3.82. The van der Waals surface area contributed by atoms with E-state index >= 15 is 0 Å². The predicted octanol–water partition coefficient (Wildman–Crippen LogP) is 3.35. The molecule has 0 bridgehead atoms. The number of amides is 1. The molecule has 8 nitrogen and oxygen atoms in total. The first kappa shape index (κ1) is 19.4. The van der Waals surface area contributed by atoms with E-state index in [4.69, 9.17) is 11.6 Å². The van der Waals surface area contributed by atoms with Crippen LogP contribution in [0, 0.1) is 0 Å². The summed E-state index contributed by atoms with van der Waals surface area (Å²) < 4.78 is 0. The van der Waals surface area contributed by atoms with Crippen LogP contribution in [0.5, 0.6) is 0 Å². The van der Waals surface area contributed by atoms with E-state index in [1.165, 1.54) is 0 Å². The molecule has 1 aliphatic rings. The van der Waals surface area contributed by atoms with Crippen molar-refractivity contribution in [3.8, 4) is 0 Å². The monoisotopic (exact) mass is 434 g/mol. The number of aromatic amines is 2. The molecule has 0 saturated heterocycles. The van der Waals surface area contributed by atoms with Crippen molar-refractivity contribution in [2.24, 2.45) is 0 Å². The summed E-state index contributed by atoms with van der Waals surface area (Å²) in [6.45, 7) is 0.919. The Morgan fingerprint density at radius 1 is 1.03 bits per heavy atom. The van der Waals surface area contributed by atoms with Crippen molar-refractivity contribution in [1.82, 2.24) is 30.5 Å². The number of carbonyl (C=O) groups is 2. The van der Waals surface area contributed by atoms with Gasteiger partial charge in [0.15, 0.2) is 5.78 Å². The number of nitrogens with zero attached hydrogens (tertiary/aromatic N) is 4. The minimum Gasteiger partial charge on any atom is -0.332 e. The van der Waals surface area contributed by atoms with Crippen LogP contribution >= 0.6 is 11.6 Å². The topological polar surface area (TPSA) is 108 Å². The van der Waals surface area contributed by atoms with Crippen molar-refractivity contribution in [3.63, 3.8) is 0 Å². The highest BCUT2D eigenvalue weighted by Gasteiger charge is 2.28. The molecule has 1 aliphatic heterocycles.